The molecule has 0 saturated carbocycles. The maximum absolute atomic E-state index is 13.1. The summed E-state index contributed by atoms with van der Waals surface area (Å²) in [5.41, 5.74) is 3.58. The van der Waals surface area contributed by atoms with Crippen LogP contribution in [0.1, 0.15) is 42.5 Å². The molecule has 3 rings (SSSR count). The fourth-order valence-electron chi connectivity index (χ4n) is 3.95. The first-order valence-electron chi connectivity index (χ1n) is 9.74. The van der Waals surface area contributed by atoms with Crippen LogP contribution in [-0.2, 0) is 21.2 Å². The van der Waals surface area contributed by atoms with E-state index in [2.05, 4.69) is 11.4 Å². The Hall–Kier alpha value is -2.54. The quantitative estimate of drug-likeness (QED) is 0.784. The number of hydrogen-bond donors (Lipinski definition) is 1. The molecule has 0 saturated heterocycles. The van der Waals surface area contributed by atoms with Crippen molar-refractivity contribution < 1.29 is 17.9 Å². The van der Waals surface area contributed by atoms with Crippen LogP contribution in [0.25, 0.3) is 0 Å². The number of carbonyl (C=O) groups excluding carboxylic acids is 1. The van der Waals surface area contributed by atoms with E-state index in [1.807, 2.05) is 31.2 Å². The molecule has 2 atom stereocenters. The third-order valence-electron chi connectivity index (χ3n) is 5.35. The zero-order valence-electron chi connectivity index (χ0n) is 17.3. The van der Waals surface area contributed by atoms with Crippen molar-refractivity contribution in [3.8, 4) is 5.75 Å². The number of carbonyl (C=O) groups is 1. The zero-order chi connectivity index (χ0) is 21.2. The SMILES string of the molecule is COc1ccc(C)cc1N([C@@H](C)C(=O)N[C@@H]1CCCc2ccccc21)S(C)(=O)=O. The second-order valence-corrected chi connectivity index (χ2v) is 9.42. The summed E-state index contributed by atoms with van der Waals surface area (Å²) < 4.78 is 31.8. The van der Waals surface area contributed by atoms with Gasteiger partial charge >= 0.3 is 0 Å². The molecule has 0 unspecified atom stereocenters. The molecule has 0 aromatic heterocycles. The van der Waals surface area contributed by atoms with Crippen molar-refractivity contribution in [2.45, 2.75) is 45.2 Å². The van der Waals surface area contributed by atoms with E-state index in [9.17, 15) is 13.2 Å². The molecule has 156 valence electrons. The minimum absolute atomic E-state index is 0.115. The molecule has 0 radical (unpaired) electrons. The Labute approximate surface area is 172 Å². The van der Waals surface area contributed by atoms with Gasteiger partial charge in [0.25, 0.3) is 0 Å². The van der Waals surface area contributed by atoms with Gasteiger partial charge in [-0.25, -0.2) is 8.42 Å². The van der Waals surface area contributed by atoms with E-state index >= 15 is 0 Å². The van der Waals surface area contributed by atoms with E-state index in [-0.39, 0.29) is 11.9 Å². The summed E-state index contributed by atoms with van der Waals surface area (Å²) in [5.74, 6) is 0.0735. The normalized spacial score (nSPS) is 17.2. The lowest BCUT2D eigenvalue weighted by molar-refractivity contribution is -0.122. The van der Waals surface area contributed by atoms with Crippen LogP contribution in [0.4, 0.5) is 5.69 Å². The first-order chi connectivity index (χ1) is 13.7. The predicted molar refractivity (Wildman–Crippen MR) is 115 cm³/mol. The second kappa shape index (κ2) is 8.45. The molecule has 0 heterocycles. The maximum atomic E-state index is 13.1. The molecule has 0 bridgehead atoms. The average molecular weight is 417 g/mol. The fraction of sp³-hybridized carbons (Fsp3) is 0.409. The molecule has 7 heteroatoms. The Bertz CT molecular complexity index is 1000. The highest BCUT2D eigenvalue weighted by atomic mass is 32.2. The smallest absolute Gasteiger partial charge is 0.244 e. The third kappa shape index (κ3) is 4.56. The molecule has 1 amide bonds. The largest absolute Gasteiger partial charge is 0.495 e. The van der Waals surface area contributed by atoms with Crippen LogP contribution >= 0.6 is 0 Å². The Morgan fingerprint density at radius 2 is 1.97 bits per heavy atom. The number of rotatable bonds is 6. The molecule has 6 nitrogen and oxygen atoms in total. The van der Waals surface area contributed by atoms with Crippen LogP contribution in [0.5, 0.6) is 5.75 Å². The van der Waals surface area contributed by atoms with Gasteiger partial charge in [-0.05, 0) is 61.9 Å². The molecule has 0 fully saturated rings. The number of methoxy groups -OCH3 is 1. The van der Waals surface area contributed by atoms with E-state index < -0.39 is 16.1 Å². The number of hydrogen-bond acceptors (Lipinski definition) is 4. The van der Waals surface area contributed by atoms with E-state index in [1.165, 1.54) is 12.7 Å². The number of fused-ring (bicyclic) bond motifs is 1. The topological polar surface area (TPSA) is 75.7 Å². The van der Waals surface area contributed by atoms with Crippen molar-refractivity contribution in [3.63, 3.8) is 0 Å². The fourth-order valence-corrected chi connectivity index (χ4v) is 5.12. The third-order valence-corrected chi connectivity index (χ3v) is 6.57. The van der Waals surface area contributed by atoms with Crippen LogP contribution in [0.2, 0.25) is 0 Å². The van der Waals surface area contributed by atoms with E-state index in [4.69, 9.17) is 4.74 Å². The summed E-state index contributed by atoms with van der Waals surface area (Å²) in [6.07, 6.45) is 3.92. The number of nitrogens with zero attached hydrogens (tertiary/aromatic N) is 1. The highest BCUT2D eigenvalue weighted by Crippen LogP contribution is 2.34. The lowest BCUT2D eigenvalue weighted by atomic mass is 9.87. The molecule has 0 aliphatic heterocycles. The highest BCUT2D eigenvalue weighted by Gasteiger charge is 2.33. The molecular formula is C22H28N2O4S. The number of amides is 1. The maximum Gasteiger partial charge on any atom is 0.244 e. The minimum Gasteiger partial charge on any atom is -0.495 e. The molecule has 29 heavy (non-hydrogen) atoms. The van der Waals surface area contributed by atoms with Crippen molar-refractivity contribution in [1.29, 1.82) is 0 Å². The van der Waals surface area contributed by atoms with Crippen molar-refractivity contribution >= 4 is 21.6 Å². The molecular weight excluding hydrogens is 388 g/mol. The number of sulfonamides is 1. The summed E-state index contributed by atoms with van der Waals surface area (Å²) in [6, 6.07) is 12.3. The lowest BCUT2D eigenvalue weighted by Gasteiger charge is -2.32. The summed E-state index contributed by atoms with van der Waals surface area (Å²) >= 11 is 0. The summed E-state index contributed by atoms with van der Waals surface area (Å²) in [6.45, 7) is 3.47. The second-order valence-electron chi connectivity index (χ2n) is 7.56. The van der Waals surface area contributed by atoms with Gasteiger partial charge in [-0.15, -0.1) is 0 Å². The monoisotopic (exact) mass is 416 g/mol. The first-order valence-corrected chi connectivity index (χ1v) is 11.6. The number of ether oxygens (including phenoxy) is 1. The highest BCUT2D eigenvalue weighted by molar-refractivity contribution is 7.92. The van der Waals surface area contributed by atoms with Gasteiger partial charge in [0, 0.05) is 0 Å². The van der Waals surface area contributed by atoms with Crippen LogP contribution in [0.15, 0.2) is 42.5 Å². The van der Waals surface area contributed by atoms with E-state index in [0.717, 1.165) is 41.0 Å². The van der Waals surface area contributed by atoms with Gasteiger partial charge < -0.3 is 10.1 Å². The van der Waals surface area contributed by atoms with E-state index in [1.54, 1.807) is 19.1 Å². The van der Waals surface area contributed by atoms with Crippen molar-refractivity contribution in [1.82, 2.24) is 5.32 Å². The van der Waals surface area contributed by atoms with Crippen molar-refractivity contribution in [2.24, 2.45) is 0 Å². The minimum atomic E-state index is -3.72. The van der Waals surface area contributed by atoms with Crippen LogP contribution in [0.3, 0.4) is 0 Å². The Morgan fingerprint density at radius 1 is 1.24 bits per heavy atom. The molecule has 2 aromatic carbocycles. The van der Waals surface area contributed by atoms with Gasteiger partial charge in [0.05, 0.1) is 25.1 Å². The Morgan fingerprint density at radius 3 is 2.66 bits per heavy atom. The van der Waals surface area contributed by atoms with Gasteiger partial charge in [-0.1, -0.05) is 30.3 Å². The molecule has 1 aliphatic carbocycles. The summed E-state index contributed by atoms with van der Waals surface area (Å²) in [7, 11) is -2.24. The van der Waals surface area contributed by atoms with Crippen LogP contribution in [0, 0.1) is 6.92 Å². The number of nitrogens with one attached hydrogen (secondary N) is 1. The van der Waals surface area contributed by atoms with Gasteiger partial charge in [0.15, 0.2) is 0 Å². The molecule has 1 aliphatic rings. The Balaban J connectivity index is 1.91. The van der Waals surface area contributed by atoms with Crippen LogP contribution < -0.4 is 14.4 Å². The van der Waals surface area contributed by atoms with Gasteiger partial charge in [-0.3, -0.25) is 9.10 Å². The predicted octanol–water partition coefficient (Wildman–Crippen LogP) is 3.35. The van der Waals surface area contributed by atoms with E-state index in [0.29, 0.717) is 11.4 Å². The molecule has 1 N–H and O–H groups in total. The zero-order valence-corrected chi connectivity index (χ0v) is 18.1. The number of aryl methyl sites for hydroxylation is 2. The number of anilines is 1. The molecule has 0 spiro atoms. The van der Waals surface area contributed by atoms with Gasteiger partial charge in [0.2, 0.25) is 15.9 Å². The summed E-state index contributed by atoms with van der Waals surface area (Å²) in [4.78, 5) is 13.1. The summed E-state index contributed by atoms with van der Waals surface area (Å²) in [5, 5.41) is 3.06. The van der Waals surface area contributed by atoms with Gasteiger partial charge in [-0.2, -0.15) is 0 Å². The van der Waals surface area contributed by atoms with Crippen molar-refractivity contribution in [2.75, 3.05) is 17.7 Å². The molecule has 2 aromatic rings. The average Bonchev–Trinajstić information content (AvgIpc) is 2.67. The Kier molecular flexibility index (Phi) is 6.17. The van der Waals surface area contributed by atoms with Crippen LogP contribution in [-0.4, -0.2) is 33.7 Å². The standard InChI is InChI=1S/C22H28N2O4S/c1-15-12-13-21(28-3)20(14-15)24(29(4,26)27)16(2)22(25)23-19-11-7-9-17-8-5-6-10-18(17)19/h5-6,8,10,12-14,16,19H,7,9,11H2,1-4H3,(H,23,25)/t16-,19+/m0/s1. The number of benzene rings is 2. The lowest BCUT2D eigenvalue weighted by Crippen LogP contribution is -2.49. The first kappa shape index (κ1) is 21.2. The van der Waals surface area contributed by atoms with Gasteiger partial charge in [0.1, 0.15) is 11.8 Å². The van der Waals surface area contributed by atoms with Crippen molar-refractivity contribution in [3.05, 3.63) is 59.2 Å².